The molecule has 14 heavy (non-hydrogen) atoms. The average molecular weight is 245 g/mol. The summed E-state index contributed by atoms with van der Waals surface area (Å²) in [4.78, 5) is 0. The fourth-order valence-corrected chi connectivity index (χ4v) is 0. The van der Waals surface area contributed by atoms with Gasteiger partial charge < -0.3 is 0 Å². The Labute approximate surface area is 79.7 Å². The molecule has 0 aliphatic rings. The molecular formula is C6H4ClF7. The highest BCUT2D eigenvalue weighted by Crippen LogP contribution is 2.26. The molecule has 0 bridgehead atoms. The van der Waals surface area contributed by atoms with Gasteiger partial charge in [0.25, 0.3) is 0 Å². The first kappa shape index (κ1) is 15.7. The highest BCUT2D eigenvalue weighted by Gasteiger charge is 2.32. The number of hydrogen-bond donors (Lipinski definition) is 0. The largest absolute Gasteiger partial charge is 0.442 e. The van der Waals surface area contributed by atoms with Gasteiger partial charge in [-0.2, -0.15) is 26.3 Å². The molecule has 0 unspecified atom stereocenters. The number of rotatable bonds is 0. The Morgan fingerprint density at radius 1 is 0.857 bits per heavy atom. The maximum atomic E-state index is 10.9. The minimum atomic E-state index is -4.86. The lowest BCUT2D eigenvalue weighted by Crippen LogP contribution is -2.05. The lowest BCUT2D eigenvalue weighted by molar-refractivity contribution is -0.108. The summed E-state index contributed by atoms with van der Waals surface area (Å²) in [5.41, 5.74) is 0. The van der Waals surface area contributed by atoms with Crippen molar-refractivity contribution < 1.29 is 30.7 Å². The minimum Gasteiger partial charge on any atom is -0.202 e. The second-order valence-electron chi connectivity index (χ2n) is 1.81. The van der Waals surface area contributed by atoms with Crippen molar-refractivity contribution >= 4 is 11.6 Å². The van der Waals surface area contributed by atoms with E-state index in [1.165, 1.54) is 0 Å². The molecule has 0 saturated heterocycles. The molecule has 0 spiro atoms. The summed E-state index contributed by atoms with van der Waals surface area (Å²) in [6.07, 6.45) is -9.29. The van der Waals surface area contributed by atoms with Crippen LogP contribution in [0.2, 0.25) is 0 Å². The molecule has 0 rings (SSSR count). The van der Waals surface area contributed by atoms with E-state index in [0.29, 0.717) is 0 Å². The first-order valence-corrected chi connectivity index (χ1v) is 3.10. The second kappa shape index (κ2) is 5.23. The van der Waals surface area contributed by atoms with Gasteiger partial charge in [-0.25, -0.2) is 4.39 Å². The lowest BCUT2D eigenvalue weighted by Gasteiger charge is -1.98. The van der Waals surface area contributed by atoms with Gasteiger partial charge >= 0.3 is 12.4 Å². The van der Waals surface area contributed by atoms with Crippen LogP contribution in [0.3, 0.4) is 0 Å². The van der Waals surface area contributed by atoms with E-state index in [-0.39, 0.29) is 0 Å². The SMILES string of the molecule is C=C(Cl)C(F)(F)F.C=C(F)C(F)(F)F. The topological polar surface area (TPSA) is 0 Å². The monoisotopic (exact) mass is 244 g/mol. The van der Waals surface area contributed by atoms with E-state index >= 15 is 0 Å². The van der Waals surface area contributed by atoms with Crippen molar-refractivity contribution in [1.29, 1.82) is 0 Å². The van der Waals surface area contributed by atoms with E-state index < -0.39 is 23.2 Å². The lowest BCUT2D eigenvalue weighted by atomic mass is 10.6. The van der Waals surface area contributed by atoms with Gasteiger partial charge in [0, 0.05) is 0 Å². The summed E-state index contributed by atoms with van der Waals surface area (Å²) >= 11 is 4.43. The number of halogens is 8. The van der Waals surface area contributed by atoms with Crippen LogP contribution in [0.25, 0.3) is 0 Å². The third-order valence-corrected chi connectivity index (χ3v) is 0.829. The van der Waals surface area contributed by atoms with Crippen LogP contribution in [0.5, 0.6) is 0 Å². The van der Waals surface area contributed by atoms with Gasteiger partial charge in [0.15, 0.2) is 5.83 Å². The van der Waals surface area contributed by atoms with Crippen molar-refractivity contribution in [2.75, 3.05) is 0 Å². The van der Waals surface area contributed by atoms with Gasteiger partial charge in [-0.3, -0.25) is 0 Å². The van der Waals surface area contributed by atoms with E-state index in [2.05, 4.69) is 18.2 Å². The van der Waals surface area contributed by atoms with Crippen molar-refractivity contribution in [2.24, 2.45) is 0 Å². The number of hydrogen-bond acceptors (Lipinski definition) is 0. The molecule has 0 aromatic rings. The molecule has 0 saturated carbocycles. The first-order chi connectivity index (χ1) is 5.89. The summed E-state index contributed by atoms with van der Waals surface area (Å²) in [5.74, 6) is -2.26. The van der Waals surface area contributed by atoms with Crippen LogP contribution >= 0.6 is 11.6 Å². The van der Waals surface area contributed by atoms with Crippen LogP contribution < -0.4 is 0 Å². The Kier molecular flexibility index (Phi) is 5.88. The quantitative estimate of drug-likeness (QED) is 0.556. The molecule has 0 aromatic heterocycles. The Morgan fingerprint density at radius 2 is 1.00 bits per heavy atom. The molecule has 84 valence electrons. The van der Waals surface area contributed by atoms with Gasteiger partial charge in [0.2, 0.25) is 0 Å². The molecule has 0 nitrogen and oxygen atoms in total. The zero-order valence-corrected chi connectivity index (χ0v) is 7.19. The standard InChI is InChI=1S/C3H2ClF3.C3H2F4/c2*1-2(4)3(5,6)7/h2*1H2. The predicted molar refractivity (Wildman–Crippen MR) is 37.4 cm³/mol. The van der Waals surface area contributed by atoms with E-state index in [9.17, 15) is 30.7 Å². The van der Waals surface area contributed by atoms with Gasteiger partial charge in [-0.05, 0) is 0 Å². The summed E-state index contributed by atoms with van der Waals surface area (Å²) < 4.78 is 75.8. The summed E-state index contributed by atoms with van der Waals surface area (Å²) in [6.45, 7) is 4.50. The third-order valence-electron chi connectivity index (χ3n) is 0.615. The first-order valence-electron chi connectivity index (χ1n) is 2.72. The average Bonchev–Trinajstić information content (AvgIpc) is 1.83. The van der Waals surface area contributed by atoms with Crippen molar-refractivity contribution in [2.45, 2.75) is 12.4 Å². The molecular weight excluding hydrogens is 241 g/mol. The smallest absolute Gasteiger partial charge is 0.202 e. The van der Waals surface area contributed by atoms with E-state index in [0.717, 1.165) is 0 Å². The van der Waals surface area contributed by atoms with Gasteiger partial charge in [0.1, 0.15) is 5.03 Å². The highest BCUT2D eigenvalue weighted by molar-refractivity contribution is 6.29. The molecule has 0 aliphatic heterocycles. The normalized spacial score (nSPS) is 11.4. The van der Waals surface area contributed by atoms with E-state index in [1.54, 1.807) is 0 Å². The van der Waals surface area contributed by atoms with Gasteiger partial charge in [0.05, 0.1) is 0 Å². The van der Waals surface area contributed by atoms with Crippen LogP contribution in [0.4, 0.5) is 30.7 Å². The second-order valence-corrected chi connectivity index (χ2v) is 2.26. The Bertz CT molecular complexity index is 187. The molecule has 0 amide bonds. The molecule has 0 aromatic carbocycles. The van der Waals surface area contributed by atoms with Crippen molar-refractivity contribution in [3.8, 4) is 0 Å². The minimum absolute atomic E-state index is 1.28. The predicted octanol–water partition coefficient (Wildman–Crippen LogP) is 4.33. The molecule has 0 atom stereocenters. The molecule has 0 radical (unpaired) electrons. The highest BCUT2D eigenvalue weighted by atomic mass is 35.5. The van der Waals surface area contributed by atoms with Crippen molar-refractivity contribution in [3.63, 3.8) is 0 Å². The zero-order chi connectivity index (χ0) is 12.2. The Morgan fingerprint density at radius 3 is 1.00 bits per heavy atom. The third kappa shape index (κ3) is 9.37. The van der Waals surface area contributed by atoms with Crippen LogP contribution in [0.1, 0.15) is 0 Å². The zero-order valence-electron chi connectivity index (χ0n) is 6.44. The number of allylic oxidation sites excluding steroid dienone is 2. The molecule has 0 heterocycles. The fraction of sp³-hybridized carbons (Fsp3) is 0.333. The maximum absolute atomic E-state index is 10.9. The van der Waals surface area contributed by atoms with Crippen molar-refractivity contribution in [3.05, 3.63) is 24.0 Å². The van der Waals surface area contributed by atoms with Gasteiger partial charge in [-0.1, -0.05) is 24.8 Å². The van der Waals surface area contributed by atoms with E-state index in [1.807, 2.05) is 6.58 Å². The van der Waals surface area contributed by atoms with Crippen molar-refractivity contribution in [1.82, 2.24) is 0 Å². The molecule has 0 N–H and O–H groups in total. The van der Waals surface area contributed by atoms with E-state index in [4.69, 9.17) is 0 Å². The van der Waals surface area contributed by atoms with Crippen LogP contribution in [-0.4, -0.2) is 12.4 Å². The fourth-order valence-electron chi connectivity index (χ4n) is 0. The molecule has 0 aliphatic carbocycles. The molecule has 8 heteroatoms. The van der Waals surface area contributed by atoms with Gasteiger partial charge in [-0.15, -0.1) is 0 Å². The van der Waals surface area contributed by atoms with Crippen LogP contribution in [0.15, 0.2) is 24.0 Å². The Balaban J connectivity index is 0. The van der Waals surface area contributed by atoms with Crippen LogP contribution in [-0.2, 0) is 0 Å². The maximum Gasteiger partial charge on any atom is 0.442 e. The summed E-state index contributed by atoms with van der Waals surface area (Å²) in [5, 5.41) is -1.28. The number of alkyl halides is 6. The summed E-state index contributed by atoms with van der Waals surface area (Å²) in [6, 6.07) is 0. The Hall–Kier alpha value is -0.720. The summed E-state index contributed by atoms with van der Waals surface area (Å²) in [7, 11) is 0. The molecule has 0 fully saturated rings. The van der Waals surface area contributed by atoms with Crippen LogP contribution in [0, 0.1) is 0 Å².